The largest absolute Gasteiger partial charge is 0.422 e. The van der Waals surface area contributed by atoms with Gasteiger partial charge in [-0.2, -0.15) is 0 Å². The van der Waals surface area contributed by atoms with Crippen molar-refractivity contribution in [2.24, 2.45) is 0 Å². The van der Waals surface area contributed by atoms with Crippen LogP contribution in [0.3, 0.4) is 0 Å². The van der Waals surface area contributed by atoms with Crippen LogP contribution in [0.5, 0.6) is 0 Å². The number of hydrogen-bond donors (Lipinski definition) is 1. The van der Waals surface area contributed by atoms with Gasteiger partial charge in [-0.05, 0) is 31.4 Å². The first-order valence-electron chi connectivity index (χ1n) is 9.38. The van der Waals surface area contributed by atoms with E-state index < -0.39 is 5.63 Å². The number of likely N-dealkylation sites (tertiary alicyclic amines) is 1. The van der Waals surface area contributed by atoms with Crippen LogP contribution in [0.15, 0.2) is 33.5 Å². The van der Waals surface area contributed by atoms with Gasteiger partial charge in [0.25, 0.3) is 5.91 Å². The molecule has 1 aromatic carbocycles. The highest BCUT2D eigenvalue weighted by Gasteiger charge is 2.33. The van der Waals surface area contributed by atoms with Crippen molar-refractivity contribution in [1.29, 1.82) is 0 Å². The van der Waals surface area contributed by atoms with Gasteiger partial charge in [-0.25, -0.2) is 4.79 Å². The lowest BCUT2D eigenvalue weighted by molar-refractivity contribution is -0.135. The van der Waals surface area contributed by atoms with Gasteiger partial charge < -0.3 is 19.5 Å². The van der Waals surface area contributed by atoms with Crippen LogP contribution in [0.1, 0.15) is 28.8 Å². The number of para-hydroxylation sites is 1. The molecule has 1 N–H and O–H groups in total. The summed E-state index contributed by atoms with van der Waals surface area (Å²) in [5, 5.41) is 3.84. The number of piperazine rings is 1. The van der Waals surface area contributed by atoms with Crippen molar-refractivity contribution >= 4 is 22.8 Å². The zero-order valence-corrected chi connectivity index (χ0v) is 15.4. The molecule has 1 aromatic heterocycles. The van der Waals surface area contributed by atoms with Crippen LogP contribution in [0.25, 0.3) is 11.0 Å². The Morgan fingerprint density at radius 2 is 2.04 bits per heavy atom. The molecule has 1 unspecified atom stereocenters. The second-order valence-electron chi connectivity index (χ2n) is 7.20. The van der Waals surface area contributed by atoms with E-state index >= 15 is 0 Å². The van der Waals surface area contributed by atoms with E-state index in [9.17, 15) is 14.4 Å². The van der Waals surface area contributed by atoms with Crippen LogP contribution in [-0.2, 0) is 4.79 Å². The number of aryl methyl sites for hydroxylation is 1. The summed E-state index contributed by atoms with van der Waals surface area (Å²) < 4.78 is 5.37. The Morgan fingerprint density at radius 1 is 1.22 bits per heavy atom. The maximum Gasteiger partial charge on any atom is 0.349 e. The molecule has 0 spiro atoms. The molecule has 27 heavy (non-hydrogen) atoms. The summed E-state index contributed by atoms with van der Waals surface area (Å²) in [7, 11) is 0. The molecule has 2 aliphatic heterocycles. The molecule has 0 aliphatic carbocycles. The summed E-state index contributed by atoms with van der Waals surface area (Å²) in [6.07, 6.45) is 1.69. The lowest BCUT2D eigenvalue weighted by Crippen LogP contribution is -2.57. The van der Waals surface area contributed by atoms with Gasteiger partial charge in [0.2, 0.25) is 5.91 Å². The number of nitrogens with zero attached hydrogens (tertiary/aromatic N) is 2. The van der Waals surface area contributed by atoms with E-state index in [1.165, 1.54) is 0 Å². The maximum absolute atomic E-state index is 13.1. The van der Waals surface area contributed by atoms with Crippen LogP contribution in [0.2, 0.25) is 0 Å². The molecule has 2 aliphatic rings. The Balaban J connectivity index is 1.62. The highest BCUT2D eigenvalue weighted by molar-refractivity contribution is 5.99. The Labute approximate surface area is 156 Å². The maximum atomic E-state index is 13.1. The minimum atomic E-state index is -0.600. The molecule has 2 aromatic rings. The van der Waals surface area contributed by atoms with Gasteiger partial charge in [0, 0.05) is 37.6 Å². The molecule has 0 radical (unpaired) electrons. The number of nitrogens with one attached hydrogen (secondary N) is 1. The van der Waals surface area contributed by atoms with E-state index in [0.29, 0.717) is 37.3 Å². The third-order valence-electron chi connectivity index (χ3n) is 5.54. The molecular weight excluding hydrogens is 346 g/mol. The van der Waals surface area contributed by atoms with Crippen LogP contribution >= 0.6 is 0 Å². The third kappa shape index (κ3) is 3.23. The fourth-order valence-electron chi connectivity index (χ4n) is 4.11. The quantitative estimate of drug-likeness (QED) is 0.803. The van der Waals surface area contributed by atoms with Gasteiger partial charge in [0.15, 0.2) is 0 Å². The summed E-state index contributed by atoms with van der Waals surface area (Å²) >= 11 is 0. The minimum Gasteiger partial charge on any atom is -0.422 e. The van der Waals surface area contributed by atoms with Crippen molar-refractivity contribution in [3.05, 3.63) is 45.8 Å². The van der Waals surface area contributed by atoms with Crippen molar-refractivity contribution in [2.75, 3.05) is 32.7 Å². The van der Waals surface area contributed by atoms with E-state index in [-0.39, 0.29) is 23.4 Å². The Morgan fingerprint density at radius 3 is 2.85 bits per heavy atom. The first-order valence-corrected chi connectivity index (χ1v) is 9.38. The Hall–Kier alpha value is -2.67. The number of benzene rings is 1. The number of fused-ring (bicyclic) bond motifs is 1. The molecule has 1 atom stereocenters. The highest BCUT2D eigenvalue weighted by atomic mass is 16.4. The van der Waals surface area contributed by atoms with Gasteiger partial charge in [-0.1, -0.05) is 18.2 Å². The number of carbonyl (C=O) groups excluding carboxylic acids is 2. The lowest BCUT2D eigenvalue weighted by Gasteiger charge is -2.41. The first-order chi connectivity index (χ1) is 13.1. The number of rotatable bonds is 2. The summed E-state index contributed by atoms with van der Waals surface area (Å²) in [6.45, 7) is 4.59. The van der Waals surface area contributed by atoms with Crippen LogP contribution < -0.4 is 10.9 Å². The average Bonchev–Trinajstić information content (AvgIpc) is 2.68. The lowest BCUT2D eigenvalue weighted by atomic mass is 10.0. The SMILES string of the molecule is Cc1c(C(=O)N2CCCC(N3CCNCC3=O)C2)c(=O)oc2ccccc12. The molecule has 7 nitrogen and oxygen atoms in total. The summed E-state index contributed by atoms with van der Waals surface area (Å²) in [6, 6.07) is 7.24. The van der Waals surface area contributed by atoms with Crippen molar-refractivity contribution in [2.45, 2.75) is 25.8 Å². The topological polar surface area (TPSA) is 82.9 Å². The van der Waals surface area contributed by atoms with Crippen molar-refractivity contribution in [3.8, 4) is 0 Å². The molecule has 4 rings (SSSR count). The van der Waals surface area contributed by atoms with Gasteiger partial charge in [-0.15, -0.1) is 0 Å². The zero-order valence-electron chi connectivity index (χ0n) is 15.4. The van der Waals surface area contributed by atoms with E-state index in [4.69, 9.17) is 4.42 Å². The molecule has 2 saturated heterocycles. The number of piperidine rings is 1. The summed E-state index contributed by atoms with van der Waals surface area (Å²) in [4.78, 5) is 41.4. The van der Waals surface area contributed by atoms with Crippen LogP contribution in [0.4, 0.5) is 0 Å². The van der Waals surface area contributed by atoms with Crippen LogP contribution in [0, 0.1) is 6.92 Å². The van der Waals surface area contributed by atoms with E-state index in [1.54, 1.807) is 24.0 Å². The van der Waals surface area contributed by atoms with Gasteiger partial charge >= 0.3 is 5.63 Å². The summed E-state index contributed by atoms with van der Waals surface area (Å²) in [5.41, 5.74) is 0.629. The normalized spacial score (nSPS) is 20.9. The Bertz CT molecular complexity index is 952. The second-order valence-corrected chi connectivity index (χ2v) is 7.20. The molecule has 2 fully saturated rings. The van der Waals surface area contributed by atoms with E-state index in [2.05, 4.69) is 5.32 Å². The van der Waals surface area contributed by atoms with Crippen molar-refractivity contribution < 1.29 is 14.0 Å². The standard InChI is InChI=1S/C20H23N3O4/c1-13-15-6-2-3-7-16(15)27-20(26)18(13)19(25)22-9-4-5-14(12-22)23-10-8-21-11-17(23)24/h2-3,6-7,14,21H,4-5,8-12H2,1H3. The third-order valence-corrected chi connectivity index (χ3v) is 5.54. The monoisotopic (exact) mass is 369 g/mol. The fourth-order valence-corrected chi connectivity index (χ4v) is 4.11. The highest BCUT2D eigenvalue weighted by Crippen LogP contribution is 2.23. The Kier molecular flexibility index (Phi) is 4.70. The van der Waals surface area contributed by atoms with E-state index in [1.807, 2.05) is 17.0 Å². The molecule has 0 bridgehead atoms. The zero-order chi connectivity index (χ0) is 19.0. The molecule has 2 amide bonds. The molecule has 7 heteroatoms. The predicted octanol–water partition coefficient (Wildman–Crippen LogP) is 1.14. The predicted molar refractivity (Wildman–Crippen MR) is 101 cm³/mol. The minimum absolute atomic E-state index is 0.00473. The van der Waals surface area contributed by atoms with E-state index in [0.717, 1.165) is 24.8 Å². The van der Waals surface area contributed by atoms with Crippen LogP contribution in [-0.4, -0.2) is 60.4 Å². The van der Waals surface area contributed by atoms with Crippen molar-refractivity contribution in [3.63, 3.8) is 0 Å². The fraction of sp³-hybridized carbons (Fsp3) is 0.450. The van der Waals surface area contributed by atoms with Gasteiger partial charge in [0.05, 0.1) is 6.54 Å². The first kappa shape index (κ1) is 17.7. The molecule has 0 saturated carbocycles. The van der Waals surface area contributed by atoms with Gasteiger partial charge in [0.1, 0.15) is 11.1 Å². The number of hydrogen-bond acceptors (Lipinski definition) is 5. The average molecular weight is 369 g/mol. The summed E-state index contributed by atoms with van der Waals surface area (Å²) in [5.74, 6) is -0.235. The molecular formula is C20H23N3O4. The molecule has 3 heterocycles. The number of carbonyl (C=O) groups is 2. The van der Waals surface area contributed by atoms with Gasteiger partial charge in [-0.3, -0.25) is 9.59 Å². The molecule has 142 valence electrons. The van der Waals surface area contributed by atoms with Crippen molar-refractivity contribution in [1.82, 2.24) is 15.1 Å². The second kappa shape index (κ2) is 7.15. The smallest absolute Gasteiger partial charge is 0.349 e. The number of amides is 2.